The second kappa shape index (κ2) is 9.57. The first-order valence-corrected chi connectivity index (χ1v) is 11.7. The highest BCUT2D eigenvalue weighted by atomic mass is 32.1. The maximum atomic E-state index is 13.1. The van der Waals surface area contributed by atoms with Crippen LogP contribution in [-0.2, 0) is 22.4 Å². The van der Waals surface area contributed by atoms with Gasteiger partial charge in [-0.05, 0) is 47.9 Å². The highest BCUT2D eigenvalue weighted by Crippen LogP contribution is 2.35. The minimum Gasteiger partial charge on any atom is -0.496 e. The van der Waals surface area contributed by atoms with Gasteiger partial charge in [-0.1, -0.05) is 48.5 Å². The van der Waals surface area contributed by atoms with E-state index >= 15 is 0 Å². The fourth-order valence-electron chi connectivity index (χ4n) is 4.57. The van der Waals surface area contributed by atoms with Crippen LogP contribution in [0, 0.1) is 5.41 Å². The van der Waals surface area contributed by atoms with E-state index in [2.05, 4.69) is 23.6 Å². The molecule has 0 radical (unpaired) electrons. The van der Waals surface area contributed by atoms with Crippen molar-refractivity contribution in [3.63, 3.8) is 0 Å². The molecule has 1 aliphatic heterocycles. The Bertz CT molecular complexity index is 1100. The smallest absolute Gasteiger partial charge is 0.227 e. The second-order valence-corrected chi connectivity index (χ2v) is 9.35. The fourth-order valence-corrected chi connectivity index (χ4v) is 5.29. The third kappa shape index (κ3) is 4.70. The predicted molar refractivity (Wildman–Crippen MR) is 128 cm³/mol. The molecule has 1 atom stereocenters. The van der Waals surface area contributed by atoms with Crippen molar-refractivity contribution < 1.29 is 14.3 Å². The summed E-state index contributed by atoms with van der Waals surface area (Å²) in [4.78, 5) is 28.8. The molecule has 1 saturated heterocycles. The van der Waals surface area contributed by atoms with E-state index in [-0.39, 0.29) is 18.2 Å². The molecule has 166 valence electrons. The lowest BCUT2D eigenvalue weighted by Gasteiger charge is -2.41. The fraction of sp³-hybridized carbons (Fsp3) is 0.308. The monoisotopic (exact) mass is 448 g/mol. The quantitative estimate of drug-likeness (QED) is 0.586. The standard InChI is InChI=1S/C26H28N2O3S/c1-31-22-10-3-2-8-20(22)16-24(29)28-13-6-12-26(18-28,25(27)30)17-19-7-4-9-21(15-19)23-11-5-14-32-23/h2-5,7-11,14-15H,6,12-13,16-18H2,1H3,(H2,27,30)/t26-/m0/s1. The minimum absolute atomic E-state index is 0.00726. The maximum Gasteiger partial charge on any atom is 0.227 e. The molecule has 0 aliphatic carbocycles. The number of methoxy groups -OCH3 is 1. The van der Waals surface area contributed by atoms with Crippen LogP contribution in [0.5, 0.6) is 5.75 Å². The number of thiophene rings is 1. The number of hydrogen-bond donors (Lipinski definition) is 1. The molecule has 0 spiro atoms. The number of ether oxygens (including phenoxy) is 1. The molecular weight excluding hydrogens is 420 g/mol. The van der Waals surface area contributed by atoms with Gasteiger partial charge in [-0.25, -0.2) is 0 Å². The van der Waals surface area contributed by atoms with Crippen LogP contribution in [0.4, 0.5) is 0 Å². The molecule has 1 fully saturated rings. The summed E-state index contributed by atoms with van der Waals surface area (Å²) >= 11 is 1.69. The first kappa shape index (κ1) is 22.1. The summed E-state index contributed by atoms with van der Waals surface area (Å²) in [5.74, 6) is 0.352. The second-order valence-electron chi connectivity index (χ2n) is 8.41. The number of carbonyl (C=O) groups is 2. The average Bonchev–Trinajstić information content (AvgIpc) is 3.35. The predicted octanol–water partition coefficient (Wildman–Crippen LogP) is 4.30. The van der Waals surface area contributed by atoms with Crippen molar-refractivity contribution in [2.24, 2.45) is 11.1 Å². The number of nitrogens with two attached hydrogens (primary N) is 1. The highest BCUT2D eigenvalue weighted by Gasteiger charge is 2.42. The molecule has 1 aliphatic rings. The molecule has 6 heteroatoms. The van der Waals surface area contributed by atoms with Crippen LogP contribution in [-0.4, -0.2) is 36.9 Å². The van der Waals surface area contributed by atoms with Crippen LogP contribution in [0.3, 0.4) is 0 Å². The van der Waals surface area contributed by atoms with Crippen molar-refractivity contribution in [2.45, 2.75) is 25.7 Å². The lowest BCUT2D eigenvalue weighted by Crippen LogP contribution is -2.53. The molecule has 3 aromatic rings. The van der Waals surface area contributed by atoms with E-state index in [1.807, 2.05) is 42.5 Å². The van der Waals surface area contributed by atoms with Crippen molar-refractivity contribution >= 4 is 23.2 Å². The molecule has 2 heterocycles. The van der Waals surface area contributed by atoms with Gasteiger partial charge >= 0.3 is 0 Å². The summed E-state index contributed by atoms with van der Waals surface area (Å²) in [5.41, 5.74) is 8.23. The molecule has 0 unspecified atom stereocenters. The number of carbonyl (C=O) groups excluding carboxylic acids is 2. The summed E-state index contributed by atoms with van der Waals surface area (Å²) in [5, 5.41) is 2.05. The Labute approximate surface area is 192 Å². The van der Waals surface area contributed by atoms with Crippen LogP contribution >= 0.6 is 11.3 Å². The van der Waals surface area contributed by atoms with E-state index in [0.29, 0.717) is 31.7 Å². The van der Waals surface area contributed by atoms with E-state index in [1.165, 1.54) is 4.88 Å². The first-order valence-electron chi connectivity index (χ1n) is 10.8. The van der Waals surface area contributed by atoms with E-state index < -0.39 is 5.41 Å². The molecule has 0 bridgehead atoms. The van der Waals surface area contributed by atoms with Gasteiger partial charge in [0.1, 0.15) is 5.75 Å². The summed E-state index contributed by atoms with van der Waals surface area (Å²) in [7, 11) is 1.60. The molecule has 32 heavy (non-hydrogen) atoms. The number of likely N-dealkylation sites (tertiary alicyclic amines) is 1. The molecule has 5 nitrogen and oxygen atoms in total. The van der Waals surface area contributed by atoms with Gasteiger partial charge in [0, 0.05) is 23.5 Å². The normalized spacial score (nSPS) is 18.3. The van der Waals surface area contributed by atoms with Crippen molar-refractivity contribution in [1.29, 1.82) is 0 Å². The van der Waals surface area contributed by atoms with Crippen molar-refractivity contribution in [2.75, 3.05) is 20.2 Å². The van der Waals surface area contributed by atoms with Crippen LogP contribution in [0.25, 0.3) is 10.4 Å². The van der Waals surface area contributed by atoms with Gasteiger partial charge in [0.05, 0.1) is 18.9 Å². The van der Waals surface area contributed by atoms with Gasteiger partial charge in [-0.15, -0.1) is 11.3 Å². The Balaban J connectivity index is 1.53. The Morgan fingerprint density at radius 3 is 2.72 bits per heavy atom. The third-order valence-electron chi connectivity index (χ3n) is 6.26. The van der Waals surface area contributed by atoms with Gasteiger partial charge in [-0.2, -0.15) is 0 Å². The number of piperidine rings is 1. The number of primary amides is 1. The zero-order valence-electron chi connectivity index (χ0n) is 18.3. The topological polar surface area (TPSA) is 72.6 Å². The summed E-state index contributed by atoms with van der Waals surface area (Å²) in [6.07, 6.45) is 2.21. The molecule has 2 aromatic carbocycles. The van der Waals surface area contributed by atoms with Crippen molar-refractivity contribution in [1.82, 2.24) is 4.90 Å². The minimum atomic E-state index is -0.761. The molecular formula is C26H28N2O3S. The van der Waals surface area contributed by atoms with Crippen LogP contribution in [0.2, 0.25) is 0 Å². The van der Waals surface area contributed by atoms with E-state index in [0.717, 1.165) is 23.1 Å². The molecule has 4 rings (SSSR count). The Hall–Kier alpha value is -3.12. The summed E-state index contributed by atoms with van der Waals surface area (Å²) in [6.45, 7) is 0.984. The van der Waals surface area contributed by atoms with Gasteiger partial charge in [0.15, 0.2) is 0 Å². The average molecular weight is 449 g/mol. The number of nitrogens with zero attached hydrogens (tertiary/aromatic N) is 1. The largest absolute Gasteiger partial charge is 0.496 e. The first-order chi connectivity index (χ1) is 15.5. The molecule has 2 N–H and O–H groups in total. The van der Waals surface area contributed by atoms with Crippen LogP contribution < -0.4 is 10.5 Å². The van der Waals surface area contributed by atoms with Gasteiger partial charge in [-0.3, -0.25) is 9.59 Å². The number of benzene rings is 2. The van der Waals surface area contributed by atoms with E-state index in [1.54, 1.807) is 23.3 Å². The Kier molecular flexibility index (Phi) is 6.61. The Morgan fingerprint density at radius 1 is 1.12 bits per heavy atom. The number of amides is 2. The lowest BCUT2D eigenvalue weighted by molar-refractivity contribution is -0.139. The lowest BCUT2D eigenvalue weighted by atomic mass is 9.74. The van der Waals surface area contributed by atoms with E-state index in [9.17, 15) is 9.59 Å². The van der Waals surface area contributed by atoms with Gasteiger partial charge < -0.3 is 15.4 Å². The number of rotatable bonds is 7. The van der Waals surface area contributed by atoms with Crippen LogP contribution in [0.1, 0.15) is 24.0 Å². The van der Waals surface area contributed by atoms with Gasteiger partial charge in [0.2, 0.25) is 11.8 Å². The number of hydrogen-bond acceptors (Lipinski definition) is 4. The molecule has 2 amide bonds. The van der Waals surface area contributed by atoms with Crippen molar-refractivity contribution in [3.05, 3.63) is 77.2 Å². The van der Waals surface area contributed by atoms with E-state index in [4.69, 9.17) is 10.5 Å². The highest BCUT2D eigenvalue weighted by molar-refractivity contribution is 7.13. The van der Waals surface area contributed by atoms with Crippen LogP contribution in [0.15, 0.2) is 66.0 Å². The third-order valence-corrected chi connectivity index (χ3v) is 7.18. The SMILES string of the molecule is COc1ccccc1CC(=O)N1CCC[C@@](Cc2cccc(-c3cccs3)c2)(C(N)=O)C1. The molecule has 0 saturated carbocycles. The Morgan fingerprint density at radius 2 is 1.97 bits per heavy atom. The zero-order valence-corrected chi connectivity index (χ0v) is 19.1. The summed E-state index contributed by atoms with van der Waals surface area (Å²) < 4.78 is 5.39. The maximum absolute atomic E-state index is 13.1. The zero-order chi connectivity index (χ0) is 22.6. The van der Waals surface area contributed by atoms with Gasteiger partial charge in [0.25, 0.3) is 0 Å². The summed E-state index contributed by atoms with van der Waals surface area (Å²) in [6, 6.07) is 19.9. The number of para-hydroxylation sites is 1. The van der Waals surface area contributed by atoms with Crippen molar-refractivity contribution in [3.8, 4) is 16.2 Å². The molecule has 1 aromatic heterocycles.